The van der Waals surface area contributed by atoms with E-state index in [4.69, 9.17) is 4.74 Å². The van der Waals surface area contributed by atoms with E-state index in [0.717, 1.165) is 17.3 Å². The Morgan fingerprint density at radius 1 is 1.44 bits per heavy atom. The van der Waals surface area contributed by atoms with Crippen LogP contribution in [0.2, 0.25) is 0 Å². The van der Waals surface area contributed by atoms with Crippen LogP contribution in [-0.2, 0) is 0 Å². The van der Waals surface area contributed by atoms with Gasteiger partial charge in [0.2, 0.25) is 0 Å². The molecule has 0 aliphatic rings. The number of carbonyl (C=O) groups excluding carboxylic acids is 1. The number of carbonyl (C=O) groups is 1. The molecule has 18 heavy (non-hydrogen) atoms. The van der Waals surface area contributed by atoms with Gasteiger partial charge in [-0.2, -0.15) is 0 Å². The molecule has 1 aromatic carbocycles. The van der Waals surface area contributed by atoms with Crippen molar-refractivity contribution < 1.29 is 9.53 Å². The molecule has 0 radical (unpaired) electrons. The van der Waals surface area contributed by atoms with Crippen LogP contribution in [0.4, 0.5) is 0 Å². The lowest BCUT2D eigenvalue weighted by Crippen LogP contribution is -2.25. The van der Waals surface area contributed by atoms with E-state index in [1.54, 1.807) is 6.07 Å². The van der Waals surface area contributed by atoms with E-state index in [1.165, 1.54) is 0 Å². The first-order valence-corrected chi connectivity index (χ1v) is 7.08. The van der Waals surface area contributed by atoms with Gasteiger partial charge in [-0.3, -0.25) is 4.79 Å². The van der Waals surface area contributed by atoms with Crippen molar-refractivity contribution in [3.8, 4) is 5.75 Å². The third-order valence-corrected chi connectivity index (χ3v) is 2.86. The summed E-state index contributed by atoms with van der Waals surface area (Å²) in [5.74, 6) is 0.544. The predicted octanol–water partition coefficient (Wildman–Crippen LogP) is 3.77. The van der Waals surface area contributed by atoms with Crippen molar-refractivity contribution in [1.29, 1.82) is 0 Å². The second kappa shape index (κ2) is 7.41. The summed E-state index contributed by atoms with van der Waals surface area (Å²) in [6.07, 6.45) is 2.10. The molecular weight excluding hydrogens is 294 g/mol. The van der Waals surface area contributed by atoms with E-state index >= 15 is 0 Å². The first-order valence-electron chi connectivity index (χ1n) is 6.29. The normalized spacial score (nSPS) is 10.5. The largest absolute Gasteiger partial charge is 0.490 e. The van der Waals surface area contributed by atoms with E-state index in [2.05, 4.69) is 28.2 Å². The summed E-state index contributed by atoms with van der Waals surface area (Å²) in [7, 11) is 0. The molecule has 100 valence electrons. The van der Waals surface area contributed by atoms with E-state index in [1.807, 2.05) is 26.0 Å². The molecule has 0 heterocycles. The second-order valence-electron chi connectivity index (χ2n) is 4.42. The Balaban J connectivity index is 2.83. The number of benzene rings is 1. The molecule has 1 amide bonds. The van der Waals surface area contributed by atoms with Crippen molar-refractivity contribution in [3.05, 3.63) is 28.2 Å². The van der Waals surface area contributed by atoms with Gasteiger partial charge < -0.3 is 10.1 Å². The van der Waals surface area contributed by atoms with Crippen molar-refractivity contribution in [3.63, 3.8) is 0 Å². The average molecular weight is 314 g/mol. The Morgan fingerprint density at radius 3 is 2.78 bits per heavy atom. The molecule has 0 fully saturated rings. The highest BCUT2D eigenvalue weighted by Crippen LogP contribution is 2.24. The maximum absolute atomic E-state index is 12.1. The van der Waals surface area contributed by atoms with Crippen LogP contribution in [0.25, 0.3) is 0 Å². The van der Waals surface area contributed by atoms with Gasteiger partial charge in [-0.15, -0.1) is 0 Å². The minimum Gasteiger partial charge on any atom is -0.490 e. The van der Waals surface area contributed by atoms with Gasteiger partial charge in [0, 0.05) is 11.0 Å². The lowest BCUT2D eigenvalue weighted by molar-refractivity contribution is 0.0947. The van der Waals surface area contributed by atoms with Crippen molar-refractivity contribution in [1.82, 2.24) is 5.32 Å². The zero-order chi connectivity index (χ0) is 13.5. The van der Waals surface area contributed by atoms with Gasteiger partial charge in [-0.05, 0) is 38.5 Å². The minimum atomic E-state index is -0.0830. The summed E-state index contributed by atoms with van der Waals surface area (Å²) in [6.45, 7) is 6.68. The molecule has 0 aliphatic carbocycles. The molecule has 4 heteroatoms. The monoisotopic (exact) mass is 313 g/mol. The van der Waals surface area contributed by atoms with Crippen LogP contribution in [0.5, 0.6) is 5.75 Å². The molecule has 0 aromatic heterocycles. The summed E-state index contributed by atoms with van der Waals surface area (Å²) in [5, 5.41) is 2.90. The Hall–Kier alpha value is -1.03. The molecule has 0 atom stereocenters. The highest BCUT2D eigenvalue weighted by atomic mass is 79.9. The van der Waals surface area contributed by atoms with Gasteiger partial charge in [0.05, 0.1) is 11.7 Å². The zero-order valence-corrected chi connectivity index (χ0v) is 12.7. The molecule has 0 unspecified atom stereocenters. The zero-order valence-electron chi connectivity index (χ0n) is 11.1. The summed E-state index contributed by atoms with van der Waals surface area (Å²) < 4.78 is 6.52. The van der Waals surface area contributed by atoms with E-state index < -0.39 is 0 Å². The van der Waals surface area contributed by atoms with Gasteiger partial charge in [0.1, 0.15) is 5.75 Å². The smallest absolute Gasteiger partial charge is 0.255 e. The molecule has 1 N–H and O–H groups in total. The third-order valence-electron chi connectivity index (χ3n) is 2.36. The maximum atomic E-state index is 12.1. The van der Waals surface area contributed by atoms with Crippen LogP contribution in [0.1, 0.15) is 44.0 Å². The number of ether oxygens (including phenoxy) is 1. The molecule has 0 bridgehead atoms. The van der Waals surface area contributed by atoms with Crippen molar-refractivity contribution in [2.45, 2.75) is 39.7 Å². The maximum Gasteiger partial charge on any atom is 0.255 e. The van der Waals surface area contributed by atoms with E-state index in [9.17, 15) is 4.79 Å². The fourth-order valence-electron chi connectivity index (χ4n) is 1.51. The number of hydrogen-bond donors (Lipinski definition) is 1. The van der Waals surface area contributed by atoms with Crippen LogP contribution in [0.3, 0.4) is 0 Å². The van der Waals surface area contributed by atoms with E-state index in [0.29, 0.717) is 17.9 Å². The number of rotatable bonds is 6. The quantitative estimate of drug-likeness (QED) is 0.812. The van der Waals surface area contributed by atoms with Crippen molar-refractivity contribution >= 4 is 21.8 Å². The fourth-order valence-corrected chi connectivity index (χ4v) is 1.87. The third kappa shape index (κ3) is 4.69. The summed E-state index contributed by atoms with van der Waals surface area (Å²) in [5.41, 5.74) is 0.578. The van der Waals surface area contributed by atoms with Gasteiger partial charge in [-0.25, -0.2) is 0 Å². The standard InChI is InChI=1S/C14H20BrNO2/c1-4-5-8-16-14(17)12-9-11(15)6-7-13(12)18-10(2)3/h6-7,9-10H,4-5,8H2,1-3H3,(H,16,17). The highest BCUT2D eigenvalue weighted by molar-refractivity contribution is 9.10. The van der Waals surface area contributed by atoms with E-state index in [-0.39, 0.29) is 12.0 Å². The Labute approximate surface area is 117 Å². The Bertz CT molecular complexity index is 405. The molecule has 0 aliphatic heterocycles. The van der Waals surface area contributed by atoms with Crippen LogP contribution in [0.15, 0.2) is 22.7 Å². The SMILES string of the molecule is CCCCNC(=O)c1cc(Br)ccc1OC(C)C. The van der Waals surface area contributed by atoms with Gasteiger partial charge in [0.15, 0.2) is 0 Å². The van der Waals surface area contributed by atoms with Crippen LogP contribution in [-0.4, -0.2) is 18.6 Å². The Kier molecular flexibility index (Phi) is 6.19. The number of amides is 1. The van der Waals surface area contributed by atoms with Gasteiger partial charge in [-0.1, -0.05) is 29.3 Å². The first-order chi connectivity index (χ1) is 8.54. The summed E-state index contributed by atoms with van der Waals surface area (Å²) >= 11 is 3.38. The van der Waals surface area contributed by atoms with Crippen LogP contribution < -0.4 is 10.1 Å². The fraction of sp³-hybridized carbons (Fsp3) is 0.500. The van der Waals surface area contributed by atoms with Crippen molar-refractivity contribution in [2.24, 2.45) is 0 Å². The highest BCUT2D eigenvalue weighted by Gasteiger charge is 2.13. The lowest BCUT2D eigenvalue weighted by atomic mass is 10.2. The van der Waals surface area contributed by atoms with Crippen LogP contribution in [0, 0.1) is 0 Å². The van der Waals surface area contributed by atoms with Gasteiger partial charge >= 0.3 is 0 Å². The number of halogens is 1. The number of nitrogens with one attached hydrogen (secondary N) is 1. The van der Waals surface area contributed by atoms with Crippen molar-refractivity contribution in [2.75, 3.05) is 6.54 Å². The minimum absolute atomic E-state index is 0.0494. The first kappa shape index (κ1) is 15.0. The molecule has 0 saturated heterocycles. The summed E-state index contributed by atoms with van der Waals surface area (Å²) in [4.78, 5) is 12.1. The second-order valence-corrected chi connectivity index (χ2v) is 5.33. The predicted molar refractivity (Wildman–Crippen MR) is 77.1 cm³/mol. The number of unbranched alkanes of at least 4 members (excludes halogenated alkanes) is 1. The molecule has 1 rings (SSSR count). The number of hydrogen-bond acceptors (Lipinski definition) is 2. The molecule has 0 saturated carbocycles. The van der Waals surface area contributed by atoms with Gasteiger partial charge in [0.25, 0.3) is 5.91 Å². The lowest BCUT2D eigenvalue weighted by Gasteiger charge is -2.14. The average Bonchev–Trinajstić information content (AvgIpc) is 2.31. The molecular formula is C14H20BrNO2. The molecule has 3 nitrogen and oxygen atoms in total. The molecule has 1 aromatic rings. The van der Waals surface area contributed by atoms with Crippen LogP contribution >= 0.6 is 15.9 Å². The molecule has 0 spiro atoms. The summed E-state index contributed by atoms with van der Waals surface area (Å²) in [6, 6.07) is 5.48. The topological polar surface area (TPSA) is 38.3 Å². The Morgan fingerprint density at radius 2 is 2.17 bits per heavy atom.